The topological polar surface area (TPSA) is 49.8 Å². The molecule has 2 nitrogen and oxygen atoms in total. The Morgan fingerprint density at radius 2 is 2.27 bits per heavy atom. The van der Waals surface area contributed by atoms with Crippen molar-refractivity contribution in [3.05, 3.63) is 38.8 Å². The van der Waals surface area contributed by atoms with Gasteiger partial charge in [0.2, 0.25) is 0 Å². The van der Waals surface area contributed by atoms with Gasteiger partial charge in [0.25, 0.3) is 0 Å². The molecule has 0 unspecified atom stereocenters. The van der Waals surface area contributed by atoms with Gasteiger partial charge < -0.3 is 5.73 Å². The van der Waals surface area contributed by atoms with Gasteiger partial charge in [0.05, 0.1) is 17.3 Å². The zero-order valence-electron chi connectivity index (χ0n) is 8.22. The summed E-state index contributed by atoms with van der Waals surface area (Å²) in [6, 6.07) is 7.47. The van der Waals surface area contributed by atoms with E-state index in [1.54, 1.807) is 6.07 Å². The Balaban J connectivity index is 3.34. The van der Waals surface area contributed by atoms with Crippen molar-refractivity contribution in [2.24, 2.45) is 5.73 Å². The second kappa shape index (κ2) is 5.20. The normalized spacial score (nSPS) is 11.9. The molecule has 0 radical (unpaired) electrons. The minimum Gasteiger partial charge on any atom is -0.397 e. The number of benzene rings is 1. The third kappa shape index (κ3) is 2.74. The first-order chi connectivity index (χ1) is 7.10. The van der Waals surface area contributed by atoms with Crippen molar-refractivity contribution in [1.29, 1.82) is 5.26 Å². The van der Waals surface area contributed by atoms with Gasteiger partial charge in [-0.25, -0.2) is 0 Å². The molecule has 1 aromatic rings. The summed E-state index contributed by atoms with van der Waals surface area (Å²) in [5, 5.41) is 9.43. The molecule has 0 aliphatic carbocycles. The van der Waals surface area contributed by atoms with E-state index in [1.807, 2.05) is 19.1 Å². The van der Waals surface area contributed by atoms with E-state index in [0.717, 1.165) is 4.47 Å². The molecular formula is C11H10BrClN2. The maximum atomic E-state index is 8.88. The number of nitrogens with two attached hydrogens (primary N) is 1. The summed E-state index contributed by atoms with van der Waals surface area (Å²) < 4.78 is 0.887. The van der Waals surface area contributed by atoms with Crippen molar-refractivity contribution >= 4 is 33.2 Å². The Morgan fingerprint density at radius 1 is 1.60 bits per heavy atom. The molecule has 0 heterocycles. The van der Waals surface area contributed by atoms with Gasteiger partial charge in [-0.3, -0.25) is 0 Å². The quantitative estimate of drug-likeness (QED) is 0.842. The molecule has 0 spiro atoms. The van der Waals surface area contributed by atoms with Crippen LogP contribution in [0.25, 0.3) is 5.70 Å². The summed E-state index contributed by atoms with van der Waals surface area (Å²) in [5.74, 6) is 0. The lowest BCUT2D eigenvalue weighted by molar-refractivity contribution is 1.14. The van der Waals surface area contributed by atoms with Crippen LogP contribution >= 0.6 is 27.5 Å². The zero-order valence-corrected chi connectivity index (χ0v) is 10.6. The Bertz CT molecular complexity index is 446. The van der Waals surface area contributed by atoms with Gasteiger partial charge in [-0.15, -0.1) is 0 Å². The highest BCUT2D eigenvalue weighted by atomic mass is 79.9. The molecule has 0 aliphatic heterocycles. The molecule has 78 valence electrons. The Kier molecular flexibility index (Phi) is 4.19. The van der Waals surface area contributed by atoms with Gasteiger partial charge in [-0.1, -0.05) is 34.5 Å². The number of hydrogen-bond donors (Lipinski definition) is 1. The van der Waals surface area contributed by atoms with Gasteiger partial charge in [0, 0.05) is 15.1 Å². The lowest BCUT2D eigenvalue weighted by atomic mass is 10.1. The Labute approximate surface area is 102 Å². The van der Waals surface area contributed by atoms with Crippen LogP contribution in [-0.4, -0.2) is 0 Å². The molecule has 0 saturated carbocycles. The molecule has 0 atom stereocenters. The highest BCUT2D eigenvalue weighted by Crippen LogP contribution is 2.27. The highest BCUT2D eigenvalue weighted by Gasteiger charge is 2.08. The van der Waals surface area contributed by atoms with E-state index in [0.29, 0.717) is 28.3 Å². The first-order valence-corrected chi connectivity index (χ1v) is 5.61. The average molecular weight is 286 g/mol. The summed E-state index contributed by atoms with van der Waals surface area (Å²) in [4.78, 5) is 0. The van der Waals surface area contributed by atoms with Crippen LogP contribution in [0.2, 0.25) is 5.02 Å². The summed E-state index contributed by atoms with van der Waals surface area (Å²) in [7, 11) is 0. The molecule has 4 heteroatoms. The van der Waals surface area contributed by atoms with E-state index in [2.05, 4.69) is 22.0 Å². The summed E-state index contributed by atoms with van der Waals surface area (Å²) in [5.41, 5.74) is 7.58. The largest absolute Gasteiger partial charge is 0.397 e. The fourth-order valence-electron chi connectivity index (χ4n) is 1.20. The monoisotopic (exact) mass is 284 g/mol. The molecule has 0 fully saturated rings. The molecule has 0 aliphatic rings. The van der Waals surface area contributed by atoms with E-state index in [4.69, 9.17) is 22.6 Å². The van der Waals surface area contributed by atoms with E-state index < -0.39 is 0 Å². The number of hydrogen-bond acceptors (Lipinski definition) is 2. The molecule has 1 aromatic carbocycles. The van der Waals surface area contributed by atoms with E-state index in [-0.39, 0.29) is 0 Å². The van der Waals surface area contributed by atoms with Crippen molar-refractivity contribution in [2.45, 2.75) is 13.3 Å². The summed E-state index contributed by atoms with van der Waals surface area (Å²) in [6.45, 7) is 1.89. The molecule has 15 heavy (non-hydrogen) atoms. The minimum atomic E-state index is 0.450. The maximum absolute atomic E-state index is 8.88. The van der Waals surface area contributed by atoms with Crippen LogP contribution in [0, 0.1) is 11.3 Å². The van der Waals surface area contributed by atoms with Gasteiger partial charge in [-0.05, 0) is 24.6 Å². The first-order valence-electron chi connectivity index (χ1n) is 4.44. The highest BCUT2D eigenvalue weighted by molar-refractivity contribution is 9.10. The van der Waals surface area contributed by atoms with Gasteiger partial charge in [0.15, 0.2) is 0 Å². The standard InChI is InChI=1S/C11H10BrClN2/c1-2-7(6-14)11(15)9-5-8(12)3-4-10(9)13/h3-5H,2,15H2,1H3/b11-7-. The van der Waals surface area contributed by atoms with Crippen molar-refractivity contribution < 1.29 is 0 Å². The third-order valence-electron chi connectivity index (χ3n) is 2.03. The fourth-order valence-corrected chi connectivity index (χ4v) is 1.78. The second-order valence-electron chi connectivity index (χ2n) is 2.98. The van der Waals surface area contributed by atoms with Crippen LogP contribution in [0.1, 0.15) is 18.9 Å². The van der Waals surface area contributed by atoms with Gasteiger partial charge in [-0.2, -0.15) is 5.26 Å². The lowest BCUT2D eigenvalue weighted by Crippen LogP contribution is -2.01. The zero-order chi connectivity index (χ0) is 11.4. The third-order valence-corrected chi connectivity index (χ3v) is 2.86. The molecular weight excluding hydrogens is 275 g/mol. The number of nitrogens with zero attached hydrogens (tertiary/aromatic N) is 1. The van der Waals surface area contributed by atoms with Crippen molar-refractivity contribution in [3.63, 3.8) is 0 Å². The van der Waals surface area contributed by atoms with E-state index in [9.17, 15) is 0 Å². The van der Waals surface area contributed by atoms with Crippen molar-refractivity contribution in [3.8, 4) is 6.07 Å². The summed E-state index contributed by atoms with van der Waals surface area (Å²) in [6.07, 6.45) is 0.602. The molecule has 0 aromatic heterocycles. The van der Waals surface area contributed by atoms with Crippen molar-refractivity contribution in [2.75, 3.05) is 0 Å². The van der Waals surface area contributed by atoms with E-state index in [1.165, 1.54) is 0 Å². The van der Waals surface area contributed by atoms with Crippen LogP contribution in [0.3, 0.4) is 0 Å². The Morgan fingerprint density at radius 3 is 2.80 bits per heavy atom. The molecule has 0 amide bonds. The number of nitriles is 1. The summed E-state index contributed by atoms with van der Waals surface area (Å²) >= 11 is 9.34. The maximum Gasteiger partial charge on any atom is 0.0968 e. The van der Waals surface area contributed by atoms with Crippen LogP contribution in [0.5, 0.6) is 0 Å². The molecule has 0 bridgehead atoms. The first kappa shape index (κ1) is 12.1. The predicted octanol–water partition coefficient (Wildman–Crippen LogP) is 3.71. The van der Waals surface area contributed by atoms with Crippen LogP contribution in [0.15, 0.2) is 28.2 Å². The van der Waals surface area contributed by atoms with Crippen LogP contribution in [-0.2, 0) is 0 Å². The number of rotatable bonds is 2. The van der Waals surface area contributed by atoms with Gasteiger partial charge >= 0.3 is 0 Å². The van der Waals surface area contributed by atoms with Crippen LogP contribution < -0.4 is 5.73 Å². The molecule has 1 rings (SSSR count). The fraction of sp³-hybridized carbons (Fsp3) is 0.182. The average Bonchev–Trinajstić information content (AvgIpc) is 2.23. The molecule has 2 N–H and O–H groups in total. The molecule has 0 saturated heterocycles. The van der Waals surface area contributed by atoms with E-state index >= 15 is 0 Å². The van der Waals surface area contributed by atoms with Gasteiger partial charge in [0.1, 0.15) is 0 Å². The SMILES string of the molecule is CC/C(C#N)=C(/N)c1cc(Br)ccc1Cl. The smallest absolute Gasteiger partial charge is 0.0968 e. The minimum absolute atomic E-state index is 0.450. The Hall–Kier alpha value is -0.980. The second-order valence-corrected chi connectivity index (χ2v) is 4.30. The van der Waals surface area contributed by atoms with Crippen LogP contribution in [0.4, 0.5) is 0 Å². The predicted molar refractivity (Wildman–Crippen MR) is 66.2 cm³/mol. The number of halogens is 2. The number of allylic oxidation sites excluding steroid dienone is 1. The van der Waals surface area contributed by atoms with Crippen molar-refractivity contribution in [1.82, 2.24) is 0 Å². The lowest BCUT2D eigenvalue weighted by Gasteiger charge is -2.07.